The van der Waals surface area contributed by atoms with Gasteiger partial charge in [0.2, 0.25) is 5.91 Å². The Kier molecular flexibility index (Phi) is 6.68. The van der Waals surface area contributed by atoms with Crippen LogP contribution in [0.1, 0.15) is 29.2 Å². The second-order valence-electron chi connectivity index (χ2n) is 7.02. The number of alkyl halides is 3. The standard InChI is InChI=1S/C20H21ClF3N5O2/c1-12-16(13(2)29-19(25-12)26-18(27-29)20(22,23)24)8-9-17(30)28(3)10-11-31-15-6-4-14(21)5-7-15/h4-7H,8-11H2,1-3H3. The number of ether oxygens (including phenoxy) is 1. The van der Waals surface area contributed by atoms with Crippen molar-refractivity contribution in [3.8, 4) is 5.75 Å². The second-order valence-corrected chi connectivity index (χ2v) is 7.46. The lowest BCUT2D eigenvalue weighted by Crippen LogP contribution is -2.31. The number of benzene rings is 1. The molecule has 0 saturated heterocycles. The van der Waals surface area contributed by atoms with Crippen LogP contribution in [0.25, 0.3) is 5.78 Å². The molecular formula is C20H21ClF3N5O2. The second kappa shape index (κ2) is 9.09. The summed E-state index contributed by atoms with van der Waals surface area (Å²) in [5.41, 5.74) is 1.67. The van der Waals surface area contributed by atoms with Crippen molar-refractivity contribution in [2.24, 2.45) is 0 Å². The van der Waals surface area contributed by atoms with E-state index in [1.54, 1.807) is 50.1 Å². The number of carbonyl (C=O) groups excluding carboxylic acids is 1. The van der Waals surface area contributed by atoms with Crippen LogP contribution >= 0.6 is 11.6 Å². The first-order chi connectivity index (χ1) is 14.6. The van der Waals surface area contributed by atoms with Gasteiger partial charge in [-0.15, -0.1) is 5.10 Å². The van der Waals surface area contributed by atoms with Crippen LogP contribution in [0.5, 0.6) is 5.75 Å². The van der Waals surface area contributed by atoms with Gasteiger partial charge in [-0.1, -0.05) is 11.6 Å². The molecule has 0 radical (unpaired) electrons. The van der Waals surface area contributed by atoms with E-state index >= 15 is 0 Å². The minimum Gasteiger partial charge on any atom is -0.492 e. The Morgan fingerprint density at radius 2 is 1.87 bits per heavy atom. The van der Waals surface area contributed by atoms with Gasteiger partial charge in [0.1, 0.15) is 12.4 Å². The quantitative estimate of drug-likeness (QED) is 0.540. The molecule has 3 aromatic rings. The SMILES string of the molecule is Cc1nc2nc(C(F)(F)F)nn2c(C)c1CCC(=O)N(C)CCOc1ccc(Cl)cc1. The van der Waals surface area contributed by atoms with Gasteiger partial charge in [0, 0.05) is 29.9 Å². The van der Waals surface area contributed by atoms with Gasteiger partial charge in [0.15, 0.2) is 0 Å². The maximum atomic E-state index is 12.9. The molecule has 0 aliphatic heterocycles. The molecule has 7 nitrogen and oxygen atoms in total. The summed E-state index contributed by atoms with van der Waals surface area (Å²) in [6.07, 6.45) is -4.16. The Hall–Kier alpha value is -2.88. The predicted molar refractivity (Wildman–Crippen MR) is 108 cm³/mol. The van der Waals surface area contributed by atoms with E-state index in [-0.39, 0.29) is 18.1 Å². The third-order valence-corrected chi connectivity index (χ3v) is 5.08. The van der Waals surface area contributed by atoms with E-state index < -0.39 is 12.0 Å². The topological polar surface area (TPSA) is 72.6 Å². The largest absolute Gasteiger partial charge is 0.492 e. The molecule has 31 heavy (non-hydrogen) atoms. The zero-order valence-electron chi connectivity index (χ0n) is 17.2. The molecule has 0 saturated carbocycles. The van der Waals surface area contributed by atoms with Crippen molar-refractivity contribution < 1.29 is 22.7 Å². The molecule has 0 fully saturated rings. The monoisotopic (exact) mass is 455 g/mol. The van der Waals surface area contributed by atoms with Crippen LogP contribution < -0.4 is 4.74 Å². The molecule has 1 amide bonds. The number of halogens is 4. The molecule has 11 heteroatoms. The molecule has 0 unspecified atom stereocenters. The Balaban J connectivity index is 1.60. The van der Waals surface area contributed by atoms with Crippen LogP contribution in [0.2, 0.25) is 5.02 Å². The van der Waals surface area contributed by atoms with Crippen molar-refractivity contribution in [1.82, 2.24) is 24.5 Å². The van der Waals surface area contributed by atoms with E-state index in [0.29, 0.717) is 47.3 Å². The molecule has 0 aliphatic rings. The highest BCUT2D eigenvalue weighted by molar-refractivity contribution is 6.30. The molecule has 0 spiro atoms. The lowest BCUT2D eigenvalue weighted by atomic mass is 10.1. The van der Waals surface area contributed by atoms with Crippen molar-refractivity contribution in [3.63, 3.8) is 0 Å². The Morgan fingerprint density at radius 3 is 2.52 bits per heavy atom. The normalized spacial score (nSPS) is 11.7. The lowest BCUT2D eigenvalue weighted by molar-refractivity contribution is -0.144. The smallest absolute Gasteiger partial charge is 0.453 e. The molecular weight excluding hydrogens is 435 g/mol. The molecule has 3 rings (SSSR count). The molecule has 2 heterocycles. The lowest BCUT2D eigenvalue weighted by Gasteiger charge is -2.18. The molecule has 1 aromatic carbocycles. The summed E-state index contributed by atoms with van der Waals surface area (Å²) in [7, 11) is 1.67. The van der Waals surface area contributed by atoms with Crippen LogP contribution in [-0.2, 0) is 17.4 Å². The number of amides is 1. The molecule has 0 bridgehead atoms. The summed E-state index contributed by atoms with van der Waals surface area (Å²) < 4.78 is 45.3. The number of carbonyl (C=O) groups is 1. The van der Waals surface area contributed by atoms with Crippen LogP contribution in [0.3, 0.4) is 0 Å². The minimum absolute atomic E-state index is 0.117. The molecule has 2 aromatic heterocycles. The van der Waals surface area contributed by atoms with Crippen LogP contribution in [0.15, 0.2) is 24.3 Å². The summed E-state index contributed by atoms with van der Waals surface area (Å²) in [5.74, 6) is -0.819. The van der Waals surface area contributed by atoms with E-state index in [1.165, 1.54) is 0 Å². The van der Waals surface area contributed by atoms with E-state index in [0.717, 1.165) is 4.52 Å². The molecule has 0 aliphatic carbocycles. The summed E-state index contributed by atoms with van der Waals surface area (Å²) in [4.78, 5) is 21.6. The maximum Gasteiger partial charge on any atom is 0.453 e. The highest BCUT2D eigenvalue weighted by Gasteiger charge is 2.37. The zero-order chi connectivity index (χ0) is 22.8. The number of hydrogen-bond acceptors (Lipinski definition) is 5. The van der Waals surface area contributed by atoms with Crippen molar-refractivity contribution >= 4 is 23.3 Å². The van der Waals surface area contributed by atoms with Gasteiger partial charge in [-0.2, -0.15) is 18.2 Å². The first kappa shape index (κ1) is 22.8. The number of likely N-dealkylation sites (N-methyl/N-ethyl adjacent to an activating group) is 1. The highest BCUT2D eigenvalue weighted by atomic mass is 35.5. The summed E-state index contributed by atoms with van der Waals surface area (Å²) in [5, 5.41) is 4.13. The van der Waals surface area contributed by atoms with Crippen molar-refractivity contribution in [2.75, 3.05) is 20.2 Å². The third kappa shape index (κ3) is 5.43. The number of hydrogen-bond donors (Lipinski definition) is 0. The number of aromatic nitrogens is 4. The van der Waals surface area contributed by atoms with Gasteiger partial charge in [0.05, 0.1) is 6.54 Å². The molecule has 166 valence electrons. The summed E-state index contributed by atoms with van der Waals surface area (Å²) in [6.45, 7) is 4.02. The fraction of sp³-hybridized carbons (Fsp3) is 0.400. The number of nitrogens with zero attached hydrogens (tertiary/aromatic N) is 5. The summed E-state index contributed by atoms with van der Waals surface area (Å²) in [6, 6.07) is 6.92. The van der Waals surface area contributed by atoms with Gasteiger partial charge >= 0.3 is 6.18 Å². The average Bonchev–Trinajstić information content (AvgIpc) is 3.13. The zero-order valence-corrected chi connectivity index (χ0v) is 18.0. The van der Waals surface area contributed by atoms with Gasteiger partial charge in [0.25, 0.3) is 11.6 Å². The fourth-order valence-corrected chi connectivity index (χ4v) is 3.19. The van der Waals surface area contributed by atoms with E-state index in [1.807, 2.05) is 0 Å². The Morgan fingerprint density at radius 1 is 1.19 bits per heavy atom. The van der Waals surface area contributed by atoms with E-state index in [9.17, 15) is 18.0 Å². The van der Waals surface area contributed by atoms with Crippen molar-refractivity contribution in [1.29, 1.82) is 0 Å². The van der Waals surface area contributed by atoms with E-state index in [4.69, 9.17) is 16.3 Å². The van der Waals surface area contributed by atoms with Crippen LogP contribution in [0, 0.1) is 13.8 Å². The maximum absolute atomic E-state index is 12.9. The predicted octanol–water partition coefficient (Wildman–Crippen LogP) is 3.88. The summed E-state index contributed by atoms with van der Waals surface area (Å²) >= 11 is 5.83. The highest BCUT2D eigenvalue weighted by Crippen LogP contribution is 2.27. The van der Waals surface area contributed by atoms with Crippen LogP contribution in [0.4, 0.5) is 13.2 Å². The third-order valence-electron chi connectivity index (χ3n) is 4.83. The first-order valence-corrected chi connectivity index (χ1v) is 9.86. The van der Waals surface area contributed by atoms with Crippen molar-refractivity contribution in [3.05, 3.63) is 52.1 Å². The molecule has 0 atom stereocenters. The van der Waals surface area contributed by atoms with Crippen molar-refractivity contribution in [2.45, 2.75) is 32.9 Å². The first-order valence-electron chi connectivity index (χ1n) is 9.48. The number of fused-ring (bicyclic) bond motifs is 1. The van der Waals surface area contributed by atoms with E-state index in [2.05, 4.69) is 15.1 Å². The minimum atomic E-state index is -4.65. The Labute approximate surface area is 181 Å². The average molecular weight is 456 g/mol. The Bertz CT molecular complexity index is 1080. The van der Waals surface area contributed by atoms with Gasteiger partial charge in [-0.25, -0.2) is 9.50 Å². The van der Waals surface area contributed by atoms with Gasteiger partial charge < -0.3 is 9.64 Å². The van der Waals surface area contributed by atoms with Gasteiger partial charge in [-0.05, 0) is 50.1 Å². The molecule has 0 N–H and O–H groups in total. The van der Waals surface area contributed by atoms with Gasteiger partial charge in [-0.3, -0.25) is 4.79 Å². The number of aryl methyl sites for hydroxylation is 2. The fourth-order valence-electron chi connectivity index (χ4n) is 3.07. The van der Waals surface area contributed by atoms with Crippen LogP contribution in [-0.4, -0.2) is 50.6 Å². The number of rotatable bonds is 7.